The summed E-state index contributed by atoms with van der Waals surface area (Å²) in [6.07, 6.45) is 4.48. The number of likely N-dealkylation sites (tertiary alicyclic amines) is 1. The van der Waals surface area contributed by atoms with E-state index in [-0.39, 0.29) is 0 Å². The van der Waals surface area contributed by atoms with Gasteiger partial charge in [0.25, 0.3) is 0 Å². The lowest BCUT2D eigenvalue weighted by molar-refractivity contribution is 0.0686. The molecule has 0 amide bonds. The predicted octanol–water partition coefficient (Wildman–Crippen LogP) is 0.572. The Bertz CT molecular complexity index is 148. The van der Waals surface area contributed by atoms with Gasteiger partial charge in [0.1, 0.15) is 0 Å². The fourth-order valence-electron chi connectivity index (χ4n) is 1.89. The molecule has 1 saturated heterocycles. The smallest absolute Gasteiger partial charge is 0.0758 e. The predicted molar refractivity (Wildman–Crippen MR) is 54.6 cm³/mol. The molecule has 1 fully saturated rings. The minimum atomic E-state index is -0.437. The highest BCUT2D eigenvalue weighted by Crippen LogP contribution is 2.20. The van der Waals surface area contributed by atoms with Gasteiger partial charge >= 0.3 is 0 Å². The Kier molecular flexibility index (Phi) is 4.16. The molecule has 1 rings (SSSR count). The Labute approximate surface area is 80.9 Å². The maximum atomic E-state index is 9.71. The zero-order valence-corrected chi connectivity index (χ0v) is 8.63. The summed E-state index contributed by atoms with van der Waals surface area (Å²) < 4.78 is 0. The standard InChI is InChI=1S/C10H22N2O/c1-10(13)5-8-12(9-10)7-4-2-3-6-11/h13H,2-9,11H2,1H3. The van der Waals surface area contributed by atoms with Crippen molar-refractivity contribution in [2.24, 2.45) is 5.73 Å². The number of hydrogen-bond donors (Lipinski definition) is 2. The average Bonchev–Trinajstić information content (AvgIpc) is 2.40. The second kappa shape index (κ2) is 4.94. The number of β-amino-alcohol motifs (C(OH)–C–C–N with tert-alkyl or cyclic N) is 1. The molecule has 1 aliphatic rings. The van der Waals surface area contributed by atoms with Crippen LogP contribution in [0.1, 0.15) is 32.6 Å². The van der Waals surface area contributed by atoms with E-state index in [1.807, 2.05) is 6.92 Å². The van der Waals surface area contributed by atoms with Gasteiger partial charge in [-0.05, 0) is 39.3 Å². The number of rotatable bonds is 5. The van der Waals surface area contributed by atoms with Crippen LogP contribution >= 0.6 is 0 Å². The third kappa shape index (κ3) is 4.07. The first-order chi connectivity index (χ1) is 6.14. The van der Waals surface area contributed by atoms with E-state index in [0.717, 1.165) is 39.0 Å². The van der Waals surface area contributed by atoms with Crippen LogP contribution in [0, 0.1) is 0 Å². The van der Waals surface area contributed by atoms with Crippen LogP contribution in [-0.2, 0) is 0 Å². The Balaban J connectivity index is 2.04. The van der Waals surface area contributed by atoms with E-state index in [9.17, 15) is 5.11 Å². The zero-order valence-electron chi connectivity index (χ0n) is 8.63. The molecule has 0 bridgehead atoms. The summed E-state index contributed by atoms with van der Waals surface area (Å²) in [7, 11) is 0. The van der Waals surface area contributed by atoms with Gasteiger partial charge in [0.05, 0.1) is 5.60 Å². The van der Waals surface area contributed by atoms with Crippen molar-refractivity contribution < 1.29 is 5.11 Å². The molecule has 0 saturated carbocycles. The lowest BCUT2D eigenvalue weighted by Crippen LogP contribution is -2.30. The quantitative estimate of drug-likeness (QED) is 0.617. The van der Waals surface area contributed by atoms with Crippen molar-refractivity contribution in [3.63, 3.8) is 0 Å². The Hall–Kier alpha value is -0.120. The first kappa shape index (κ1) is 11.0. The number of unbranched alkanes of at least 4 members (excludes halogenated alkanes) is 2. The van der Waals surface area contributed by atoms with Gasteiger partial charge < -0.3 is 15.7 Å². The fraction of sp³-hybridized carbons (Fsp3) is 1.00. The Morgan fingerprint density at radius 2 is 2.15 bits per heavy atom. The maximum Gasteiger partial charge on any atom is 0.0758 e. The number of aliphatic hydroxyl groups is 1. The molecule has 0 aromatic heterocycles. The van der Waals surface area contributed by atoms with Gasteiger partial charge in [0, 0.05) is 13.1 Å². The van der Waals surface area contributed by atoms with Crippen molar-refractivity contribution in [1.82, 2.24) is 4.90 Å². The lowest BCUT2D eigenvalue weighted by atomic mass is 10.1. The number of nitrogens with two attached hydrogens (primary N) is 1. The molecule has 3 nitrogen and oxygen atoms in total. The largest absolute Gasteiger partial charge is 0.389 e. The lowest BCUT2D eigenvalue weighted by Gasteiger charge is -2.18. The second-order valence-electron chi connectivity index (χ2n) is 4.37. The van der Waals surface area contributed by atoms with Crippen molar-refractivity contribution in [2.75, 3.05) is 26.2 Å². The summed E-state index contributed by atoms with van der Waals surface area (Å²) >= 11 is 0. The highest BCUT2D eigenvalue weighted by Gasteiger charge is 2.30. The topological polar surface area (TPSA) is 49.5 Å². The summed E-state index contributed by atoms with van der Waals surface area (Å²) in [5.41, 5.74) is 4.98. The van der Waals surface area contributed by atoms with E-state index in [1.54, 1.807) is 0 Å². The summed E-state index contributed by atoms with van der Waals surface area (Å²) in [6.45, 7) is 5.74. The molecule has 3 N–H and O–H groups in total. The van der Waals surface area contributed by atoms with Crippen molar-refractivity contribution in [1.29, 1.82) is 0 Å². The second-order valence-corrected chi connectivity index (χ2v) is 4.37. The minimum absolute atomic E-state index is 0.437. The zero-order chi connectivity index (χ0) is 9.73. The van der Waals surface area contributed by atoms with E-state index in [1.165, 1.54) is 12.8 Å². The molecule has 1 unspecified atom stereocenters. The molecule has 3 heteroatoms. The molecule has 0 aromatic rings. The van der Waals surface area contributed by atoms with E-state index in [4.69, 9.17) is 5.73 Å². The SMILES string of the molecule is CC1(O)CCN(CCCCCN)C1. The monoisotopic (exact) mass is 186 g/mol. The normalized spacial score (nSPS) is 29.8. The molecule has 1 aliphatic heterocycles. The van der Waals surface area contributed by atoms with Gasteiger partial charge in [-0.1, -0.05) is 6.42 Å². The fourth-order valence-corrected chi connectivity index (χ4v) is 1.89. The number of hydrogen-bond acceptors (Lipinski definition) is 3. The Morgan fingerprint density at radius 1 is 1.38 bits per heavy atom. The molecule has 13 heavy (non-hydrogen) atoms. The molecule has 1 atom stereocenters. The number of nitrogens with zero attached hydrogens (tertiary/aromatic N) is 1. The highest BCUT2D eigenvalue weighted by molar-refractivity contribution is 4.85. The molecular formula is C10H22N2O. The van der Waals surface area contributed by atoms with E-state index < -0.39 is 5.60 Å². The summed E-state index contributed by atoms with van der Waals surface area (Å²) in [5.74, 6) is 0. The van der Waals surface area contributed by atoms with E-state index in [0.29, 0.717) is 0 Å². The van der Waals surface area contributed by atoms with Crippen LogP contribution in [0.3, 0.4) is 0 Å². The summed E-state index contributed by atoms with van der Waals surface area (Å²) in [4.78, 5) is 2.34. The molecule has 0 spiro atoms. The third-order valence-electron chi connectivity index (χ3n) is 2.71. The van der Waals surface area contributed by atoms with Crippen LogP contribution in [-0.4, -0.2) is 41.8 Å². The minimum Gasteiger partial charge on any atom is -0.389 e. The highest BCUT2D eigenvalue weighted by atomic mass is 16.3. The molecule has 0 radical (unpaired) electrons. The van der Waals surface area contributed by atoms with Crippen LogP contribution in [0.2, 0.25) is 0 Å². The van der Waals surface area contributed by atoms with E-state index in [2.05, 4.69) is 4.90 Å². The first-order valence-corrected chi connectivity index (χ1v) is 5.29. The average molecular weight is 186 g/mol. The van der Waals surface area contributed by atoms with Crippen LogP contribution in [0.4, 0.5) is 0 Å². The third-order valence-corrected chi connectivity index (χ3v) is 2.71. The van der Waals surface area contributed by atoms with Gasteiger partial charge in [-0.2, -0.15) is 0 Å². The van der Waals surface area contributed by atoms with Crippen molar-refractivity contribution in [2.45, 2.75) is 38.2 Å². The van der Waals surface area contributed by atoms with Gasteiger partial charge in [-0.25, -0.2) is 0 Å². The molecule has 1 heterocycles. The van der Waals surface area contributed by atoms with Crippen molar-refractivity contribution in [3.8, 4) is 0 Å². The van der Waals surface area contributed by atoms with Gasteiger partial charge in [0.15, 0.2) is 0 Å². The molecule has 0 aliphatic carbocycles. The van der Waals surface area contributed by atoms with Gasteiger partial charge in [0.2, 0.25) is 0 Å². The van der Waals surface area contributed by atoms with Crippen LogP contribution in [0.15, 0.2) is 0 Å². The molecule has 78 valence electrons. The van der Waals surface area contributed by atoms with Crippen molar-refractivity contribution >= 4 is 0 Å². The summed E-state index contributed by atoms with van der Waals surface area (Å²) in [6, 6.07) is 0. The van der Waals surface area contributed by atoms with Crippen LogP contribution < -0.4 is 5.73 Å². The first-order valence-electron chi connectivity index (χ1n) is 5.29. The summed E-state index contributed by atoms with van der Waals surface area (Å²) in [5, 5.41) is 9.71. The van der Waals surface area contributed by atoms with Crippen molar-refractivity contribution in [3.05, 3.63) is 0 Å². The maximum absolute atomic E-state index is 9.71. The van der Waals surface area contributed by atoms with Gasteiger partial charge in [-0.15, -0.1) is 0 Å². The van der Waals surface area contributed by atoms with Crippen LogP contribution in [0.25, 0.3) is 0 Å². The van der Waals surface area contributed by atoms with Gasteiger partial charge in [-0.3, -0.25) is 0 Å². The molecule has 0 aromatic carbocycles. The van der Waals surface area contributed by atoms with E-state index >= 15 is 0 Å². The van der Waals surface area contributed by atoms with Crippen LogP contribution in [0.5, 0.6) is 0 Å². The Morgan fingerprint density at radius 3 is 2.69 bits per heavy atom. The molecular weight excluding hydrogens is 164 g/mol.